The van der Waals surface area contributed by atoms with E-state index in [0.29, 0.717) is 13.2 Å². The summed E-state index contributed by atoms with van der Waals surface area (Å²) < 4.78 is 16.7. The minimum atomic E-state index is 0.507. The maximum atomic E-state index is 5.91. The summed E-state index contributed by atoms with van der Waals surface area (Å²) >= 11 is 0. The third-order valence-electron chi connectivity index (χ3n) is 4.11. The maximum absolute atomic E-state index is 5.91. The van der Waals surface area contributed by atoms with Gasteiger partial charge < -0.3 is 24.8 Å². The molecule has 0 unspecified atom stereocenters. The van der Waals surface area contributed by atoms with Crippen LogP contribution in [0.1, 0.15) is 24.5 Å². The smallest absolute Gasteiger partial charge is 0.191 e. The molecule has 6 nitrogen and oxygen atoms in total. The molecule has 2 aromatic rings. The van der Waals surface area contributed by atoms with Gasteiger partial charge in [0.05, 0.1) is 7.11 Å². The number of nitrogens with zero attached hydrogens (tertiary/aromatic N) is 1. The minimum absolute atomic E-state index is 0.507. The van der Waals surface area contributed by atoms with Crippen molar-refractivity contribution in [2.75, 3.05) is 33.9 Å². The van der Waals surface area contributed by atoms with Gasteiger partial charge in [0.2, 0.25) is 0 Å². The molecule has 0 saturated heterocycles. The number of ether oxygens (including phenoxy) is 3. The number of methoxy groups -OCH3 is 1. The molecule has 0 aliphatic heterocycles. The summed E-state index contributed by atoms with van der Waals surface area (Å²) in [6.45, 7) is 5.46. The van der Waals surface area contributed by atoms with Crippen molar-refractivity contribution in [1.82, 2.24) is 10.6 Å². The van der Waals surface area contributed by atoms with Gasteiger partial charge in [0, 0.05) is 33.4 Å². The van der Waals surface area contributed by atoms with Crippen LogP contribution in [-0.4, -0.2) is 39.9 Å². The van der Waals surface area contributed by atoms with Crippen molar-refractivity contribution >= 4 is 5.96 Å². The van der Waals surface area contributed by atoms with Gasteiger partial charge in [-0.1, -0.05) is 36.4 Å². The number of hydrogen-bond acceptors (Lipinski definition) is 4. The molecule has 0 saturated carbocycles. The van der Waals surface area contributed by atoms with E-state index in [4.69, 9.17) is 14.2 Å². The summed E-state index contributed by atoms with van der Waals surface area (Å²) in [6.07, 6.45) is 0.940. The van der Waals surface area contributed by atoms with Crippen molar-refractivity contribution in [3.05, 3.63) is 59.7 Å². The molecule has 0 heterocycles. The van der Waals surface area contributed by atoms with Gasteiger partial charge >= 0.3 is 0 Å². The van der Waals surface area contributed by atoms with Crippen molar-refractivity contribution in [1.29, 1.82) is 0 Å². The van der Waals surface area contributed by atoms with Crippen molar-refractivity contribution in [3.8, 4) is 11.5 Å². The van der Waals surface area contributed by atoms with Crippen LogP contribution >= 0.6 is 0 Å². The molecule has 2 rings (SSSR count). The quantitative estimate of drug-likeness (QED) is 0.353. The van der Waals surface area contributed by atoms with Gasteiger partial charge in [-0.25, -0.2) is 0 Å². The average molecular weight is 386 g/mol. The summed E-state index contributed by atoms with van der Waals surface area (Å²) in [5.41, 5.74) is 2.20. The lowest BCUT2D eigenvalue weighted by Crippen LogP contribution is -2.37. The largest absolute Gasteiger partial charge is 0.493 e. The first-order valence-corrected chi connectivity index (χ1v) is 9.62. The summed E-state index contributed by atoms with van der Waals surface area (Å²) in [5.74, 6) is 2.21. The summed E-state index contributed by atoms with van der Waals surface area (Å²) in [7, 11) is 3.42. The number of aliphatic imine (C=N–C) groups is 1. The third-order valence-corrected chi connectivity index (χ3v) is 4.11. The average Bonchev–Trinajstić information content (AvgIpc) is 2.75. The van der Waals surface area contributed by atoms with E-state index in [-0.39, 0.29) is 0 Å². The fraction of sp³-hybridized carbons (Fsp3) is 0.409. The van der Waals surface area contributed by atoms with Crippen molar-refractivity contribution in [2.45, 2.75) is 26.5 Å². The maximum Gasteiger partial charge on any atom is 0.191 e. The Morgan fingerprint density at radius 1 is 1.00 bits per heavy atom. The summed E-state index contributed by atoms with van der Waals surface area (Å²) in [4.78, 5) is 4.24. The first kappa shape index (κ1) is 21.6. The Bertz CT molecular complexity index is 720. The normalized spacial score (nSPS) is 11.2. The molecule has 0 aliphatic carbocycles. The number of benzene rings is 2. The monoisotopic (exact) mass is 385 g/mol. The van der Waals surface area contributed by atoms with E-state index in [9.17, 15) is 0 Å². The van der Waals surface area contributed by atoms with Crippen molar-refractivity contribution < 1.29 is 14.2 Å². The highest BCUT2D eigenvalue weighted by Crippen LogP contribution is 2.28. The molecule has 152 valence electrons. The van der Waals surface area contributed by atoms with Crippen molar-refractivity contribution in [3.63, 3.8) is 0 Å². The van der Waals surface area contributed by atoms with Gasteiger partial charge in [-0.15, -0.1) is 0 Å². The summed E-state index contributed by atoms with van der Waals surface area (Å²) in [5, 5.41) is 6.59. The van der Waals surface area contributed by atoms with Crippen LogP contribution in [0.5, 0.6) is 11.5 Å². The van der Waals surface area contributed by atoms with Gasteiger partial charge in [-0.3, -0.25) is 4.99 Å². The molecule has 6 heteroatoms. The highest BCUT2D eigenvalue weighted by molar-refractivity contribution is 5.79. The van der Waals surface area contributed by atoms with E-state index in [1.807, 2.05) is 55.5 Å². The zero-order chi connectivity index (χ0) is 20.0. The van der Waals surface area contributed by atoms with Crippen LogP contribution in [-0.2, 0) is 17.9 Å². The van der Waals surface area contributed by atoms with Crippen LogP contribution in [0, 0.1) is 0 Å². The van der Waals surface area contributed by atoms with Crippen LogP contribution in [0.3, 0.4) is 0 Å². The number of nitrogens with one attached hydrogen (secondary N) is 2. The summed E-state index contributed by atoms with van der Waals surface area (Å²) in [6, 6.07) is 16.0. The second-order valence-corrected chi connectivity index (χ2v) is 6.16. The van der Waals surface area contributed by atoms with E-state index in [1.165, 1.54) is 0 Å². The molecule has 0 amide bonds. The highest BCUT2D eigenvalue weighted by atomic mass is 16.5. The first-order chi connectivity index (χ1) is 13.8. The van der Waals surface area contributed by atoms with Crippen LogP contribution in [0.15, 0.2) is 53.5 Å². The Hall–Kier alpha value is -2.73. The molecule has 0 radical (unpaired) electrons. The van der Waals surface area contributed by atoms with Gasteiger partial charge in [-0.2, -0.15) is 0 Å². The molecule has 2 N–H and O–H groups in total. The Morgan fingerprint density at radius 3 is 2.54 bits per heavy atom. The van der Waals surface area contributed by atoms with Crippen molar-refractivity contribution in [2.24, 2.45) is 4.99 Å². The fourth-order valence-electron chi connectivity index (χ4n) is 2.61. The zero-order valence-corrected chi connectivity index (χ0v) is 17.0. The van der Waals surface area contributed by atoms with Gasteiger partial charge in [-0.05, 0) is 36.6 Å². The van der Waals surface area contributed by atoms with E-state index in [2.05, 4.69) is 15.6 Å². The first-order valence-electron chi connectivity index (χ1n) is 9.62. The molecule has 0 aliphatic rings. The minimum Gasteiger partial charge on any atom is -0.493 e. The lowest BCUT2D eigenvalue weighted by molar-refractivity contribution is 0.145. The Balaban J connectivity index is 1.84. The second kappa shape index (κ2) is 12.6. The molecule has 0 spiro atoms. The van der Waals surface area contributed by atoms with Gasteiger partial charge in [0.25, 0.3) is 0 Å². The predicted molar refractivity (Wildman–Crippen MR) is 113 cm³/mol. The van der Waals surface area contributed by atoms with E-state index < -0.39 is 0 Å². The van der Waals surface area contributed by atoms with Crippen LogP contribution in [0.25, 0.3) is 0 Å². The lowest BCUT2D eigenvalue weighted by atomic mass is 10.2. The van der Waals surface area contributed by atoms with Gasteiger partial charge in [0.15, 0.2) is 17.5 Å². The topological polar surface area (TPSA) is 64.1 Å². The molecule has 0 aromatic heterocycles. The number of guanidine groups is 1. The second-order valence-electron chi connectivity index (χ2n) is 6.16. The fourth-order valence-corrected chi connectivity index (χ4v) is 2.61. The SMILES string of the molecule is CCOCCCNC(=NC)NCc1ccc(OCc2ccccc2)c(OC)c1. The van der Waals surface area contributed by atoms with E-state index >= 15 is 0 Å². The molecule has 0 fully saturated rings. The Labute approximate surface area is 167 Å². The van der Waals surface area contributed by atoms with Crippen LogP contribution < -0.4 is 20.1 Å². The molecule has 2 aromatic carbocycles. The molecule has 0 atom stereocenters. The molecular weight excluding hydrogens is 354 g/mol. The third kappa shape index (κ3) is 7.48. The Kier molecular flexibility index (Phi) is 9.72. The van der Waals surface area contributed by atoms with Gasteiger partial charge in [0.1, 0.15) is 6.61 Å². The van der Waals surface area contributed by atoms with E-state index in [1.54, 1.807) is 14.2 Å². The molecule has 28 heavy (non-hydrogen) atoms. The van der Waals surface area contributed by atoms with E-state index in [0.717, 1.165) is 54.8 Å². The molecule has 0 bridgehead atoms. The lowest BCUT2D eigenvalue weighted by Gasteiger charge is -2.14. The zero-order valence-electron chi connectivity index (χ0n) is 17.0. The Morgan fingerprint density at radius 2 is 1.82 bits per heavy atom. The number of rotatable bonds is 11. The van der Waals surface area contributed by atoms with Crippen LogP contribution in [0.2, 0.25) is 0 Å². The molecular formula is C22H31N3O3. The number of hydrogen-bond donors (Lipinski definition) is 2. The standard InChI is InChI=1S/C22H31N3O3/c1-4-27-14-8-13-24-22(23-2)25-16-19-11-12-20(21(15-19)26-3)28-17-18-9-6-5-7-10-18/h5-7,9-12,15H,4,8,13-14,16-17H2,1-3H3,(H2,23,24,25). The van der Waals surface area contributed by atoms with Crippen LogP contribution in [0.4, 0.5) is 0 Å². The highest BCUT2D eigenvalue weighted by Gasteiger charge is 2.07. The predicted octanol–water partition coefficient (Wildman–Crippen LogP) is 3.37.